The van der Waals surface area contributed by atoms with Crippen LogP contribution < -0.4 is 5.32 Å². The molecule has 4 atom stereocenters. The molecule has 0 saturated carbocycles. The molecule has 1 fully saturated rings. The predicted molar refractivity (Wildman–Crippen MR) is 73.7 cm³/mol. The van der Waals surface area contributed by atoms with Crippen molar-refractivity contribution < 1.29 is 34.4 Å². The fourth-order valence-corrected chi connectivity index (χ4v) is 2.15. The molecule has 1 rings (SSSR count). The monoisotopic (exact) mass is 318 g/mol. The molecule has 9 nitrogen and oxygen atoms in total. The fourth-order valence-electron chi connectivity index (χ4n) is 2.15. The summed E-state index contributed by atoms with van der Waals surface area (Å²) in [6.07, 6.45) is -5.42. The van der Waals surface area contributed by atoms with E-state index >= 15 is 0 Å². The van der Waals surface area contributed by atoms with Gasteiger partial charge >= 0.3 is 12.1 Å². The average Bonchev–Trinajstić information content (AvgIpc) is 2.32. The number of aliphatic carboxylic acids is 1. The maximum atomic E-state index is 12.2. The minimum Gasteiger partial charge on any atom is -0.481 e. The predicted octanol–water partition coefficient (Wildman–Crippen LogP) is -0.878. The number of carbonyl (C=O) groups is 3. The number of aliphatic hydroxyl groups excluding tert-OH is 2. The number of piperidine rings is 1. The van der Waals surface area contributed by atoms with E-state index < -0.39 is 54.4 Å². The molecule has 0 spiro atoms. The van der Waals surface area contributed by atoms with Crippen molar-refractivity contribution in [1.82, 2.24) is 10.2 Å². The topological polar surface area (TPSA) is 136 Å². The quantitative estimate of drug-likeness (QED) is 0.519. The molecule has 0 unspecified atom stereocenters. The summed E-state index contributed by atoms with van der Waals surface area (Å²) in [5, 5.41) is 31.3. The molecular formula is C13H22N2O7. The van der Waals surface area contributed by atoms with Crippen LogP contribution in [0.3, 0.4) is 0 Å². The zero-order chi connectivity index (χ0) is 17.2. The highest BCUT2D eigenvalue weighted by molar-refractivity contribution is 5.77. The van der Waals surface area contributed by atoms with E-state index in [4.69, 9.17) is 9.84 Å². The third kappa shape index (κ3) is 4.31. The Morgan fingerprint density at radius 3 is 2.14 bits per heavy atom. The van der Waals surface area contributed by atoms with E-state index in [1.807, 2.05) is 0 Å². The average molecular weight is 318 g/mol. The molecule has 1 aliphatic heterocycles. The van der Waals surface area contributed by atoms with Crippen LogP contribution in [-0.4, -0.2) is 68.7 Å². The largest absolute Gasteiger partial charge is 0.481 e. The van der Waals surface area contributed by atoms with E-state index in [1.165, 1.54) is 6.92 Å². The van der Waals surface area contributed by atoms with Crippen LogP contribution in [0.2, 0.25) is 0 Å². The lowest BCUT2D eigenvalue weighted by atomic mass is 9.90. The van der Waals surface area contributed by atoms with Gasteiger partial charge in [-0.1, -0.05) is 0 Å². The van der Waals surface area contributed by atoms with Gasteiger partial charge in [-0.25, -0.2) is 4.79 Å². The number of rotatable bonds is 2. The molecule has 1 heterocycles. The zero-order valence-electron chi connectivity index (χ0n) is 12.9. The SMILES string of the molecule is CC(=O)N[C@@H]1[C@@H](O)[C@@H](O)[C@@H](C(=O)O)CN1C(=O)OC(C)(C)C. The van der Waals surface area contributed by atoms with Crippen molar-refractivity contribution in [3.8, 4) is 0 Å². The number of nitrogens with zero attached hydrogens (tertiary/aromatic N) is 1. The molecule has 0 radical (unpaired) electrons. The molecule has 0 aromatic heterocycles. The first kappa shape index (κ1) is 18.2. The Morgan fingerprint density at radius 1 is 1.18 bits per heavy atom. The van der Waals surface area contributed by atoms with Gasteiger partial charge in [0, 0.05) is 13.5 Å². The molecule has 2 amide bonds. The summed E-state index contributed by atoms with van der Waals surface area (Å²) in [5.41, 5.74) is -0.836. The second kappa shape index (κ2) is 6.49. The van der Waals surface area contributed by atoms with Gasteiger partial charge in [-0.3, -0.25) is 14.5 Å². The van der Waals surface area contributed by atoms with Crippen LogP contribution in [-0.2, 0) is 14.3 Å². The first-order valence-electron chi connectivity index (χ1n) is 6.79. The van der Waals surface area contributed by atoms with Gasteiger partial charge in [0.2, 0.25) is 5.91 Å². The van der Waals surface area contributed by atoms with E-state index in [0.29, 0.717) is 0 Å². The summed E-state index contributed by atoms with van der Waals surface area (Å²) in [6.45, 7) is 5.66. The Balaban J connectivity index is 3.07. The number of nitrogens with one attached hydrogen (secondary N) is 1. The van der Waals surface area contributed by atoms with Gasteiger partial charge < -0.3 is 25.4 Å². The molecule has 22 heavy (non-hydrogen) atoms. The summed E-state index contributed by atoms with van der Waals surface area (Å²) in [5.74, 6) is -3.28. The summed E-state index contributed by atoms with van der Waals surface area (Å²) in [4.78, 5) is 35.5. The Bertz CT molecular complexity index is 460. The van der Waals surface area contributed by atoms with E-state index in [-0.39, 0.29) is 0 Å². The van der Waals surface area contributed by atoms with E-state index in [1.54, 1.807) is 20.8 Å². The van der Waals surface area contributed by atoms with Crippen molar-refractivity contribution >= 4 is 18.0 Å². The van der Waals surface area contributed by atoms with Crippen LogP contribution in [0.1, 0.15) is 27.7 Å². The standard InChI is InChI=1S/C13H22N2O7/c1-6(16)14-10-9(18)8(17)7(11(19)20)5-15(10)12(21)22-13(2,3)4/h7-10,17-18H,5H2,1-4H3,(H,14,16)(H,19,20)/t7-,8-,9-,10-/m0/s1. The fraction of sp³-hybridized carbons (Fsp3) is 0.769. The highest BCUT2D eigenvalue weighted by atomic mass is 16.6. The van der Waals surface area contributed by atoms with Crippen molar-refractivity contribution in [1.29, 1.82) is 0 Å². The summed E-state index contributed by atoms with van der Waals surface area (Å²) in [7, 11) is 0. The molecule has 0 bridgehead atoms. The Hall–Kier alpha value is -1.87. The second-order valence-corrected chi connectivity index (χ2v) is 6.20. The molecule has 0 aromatic carbocycles. The maximum absolute atomic E-state index is 12.2. The Morgan fingerprint density at radius 2 is 1.73 bits per heavy atom. The van der Waals surface area contributed by atoms with Gasteiger partial charge in [-0.05, 0) is 20.8 Å². The van der Waals surface area contributed by atoms with Gasteiger partial charge in [0.25, 0.3) is 0 Å². The summed E-state index contributed by atoms with van der Waals surface area (Å²) in [6, 6.07) is 0. The van der Waals surface area contributed by atoms with Gasteiger partial charge in [0.1, 0.15) is 23.8 Å². The van der Waals surface area contributed by atoms with Gasteiger partial charge in [-0.15, -0.1) is 0 Å². The van der Waals surface area contributed by atoms with Crippen molar-refractivity contribution in [3.05, 3.63) is 0 Å². The number of hydrogen-bond donors (Lipinski definition) is 4. The number of carboxylic acids is 1. The Kier molecular flexibility index (Phi) is 5.36. The van der Waals surface area contributed by atoms with E-state index in [0.717, 1.165) is 4.90 Å². The molecule has 126 valence electrons. The van der Waals surface area contributed by atoms with Crippen LogP contribution in [0.5, 0.6) is 0 Å². The van der Waals surface area contributed by atoms with E-state index in [9.17, 15) is 24.6 Å². The zero-order valence-corrected chi connectivity index (χ0v) is 12.9. The van der Waals surface area contributed by atoms with E-state index in [2.05, 4.69) is 5.32 Å². The summed E-state index contributed by atoms with van der Waals surface area (Å²) >= 11 is 0. The number of carboxylic acid groups (broad SMARTS) is 1. The van der Waals surface area contributed by atoms with Crippen molar-refractivity contribution in [2.24, 2.45) is 5.92 Å². The van der Waals surface area contributed by atoms with Crippen molar-refractivity contribution in [3.63, 3.8) is 0 Å². The van der Waals surface area contributed by atoms with Crippen LogP contribution in [0.25, 0.3) is 0 Å². The number of ether oxygens (including phenoxy) is 1. The third-order valence-electron chi connectivity index (χ3n) is 3.11. The number of hydrogen-bond acceptors (Lipinski definition) is 6. The van der Waals surface area contributed by atoms with Crippen molar-refractivity contribution in [2.75, 3.05) is 6.54 Å². The smallest absolute Gasteiger partial charge is 0.412 e. The number of aliphatic hydroxyl groups is 2. The highest BCUT2D eigenvalue weighted by Gasteiger charge is 2.48. The second-order valence-electron chi connectivity index (χ2n) is 6.20. The maximum Gasteiger partial charge on any atom is 0.412 e. The number of likely N-dealkylation sites (tertiary alicyclic amines) is 1. The molecule has 9 heteroatoms. The molecule has 0 aromatic rings. The highest BCUT2D eigenvalue weighted by Crippen LogP contribution is 2.24. The lowest BCUT2D eigenvalue weighted by Gasteiger charge is -2.44. The lowest BCUT2D eigenvalue weighted by molar-refractivity contribution is -0.162. The van der Waals surface area contributed by atoms with Crippen LogP contribution in [0.15, 0.2) is 0 Å². The van der Waals surface area contributed by atoms with Crippen LogP contribution in [0.4, 0.5) is 4.79 Å². The van der Waals surface area contributed by atoms with Crippen LogP contribution in [0, 0.1) is 5.92 Å². The number of amides is 2. The minimum atomic E-state index is -1.65. The molecule has 4 N–H and O–H groups in total. The lowest BCUT2D eigenvalue weighted by Crippen LogP contribution is -2.67. The number of carbonyl (C=O) groups excluding carboxylic acids is 2. The summed E-state index contributed by atoms with van der Waals surface area (Å²) < 4.78 is 5.15. The minimum absolute atomic E-state index is 0.395. The normalized spacial score (nSPS) is 28.9. The molecule has 0 aliphatic carbocycles. The molecule has 1 saturated heterocycles. The van der Waals surface area contributed by atoms with Crippen molar-refractivity contribution in [2.45, 2.75) is 51.7 Å². The third-order valence-corrected chi connectivity index (χ3v) is 3.11. The first-order valence-corrected chi connectivity index (χ1v) is 6.79. The van der Waals surface area contributed by atoms with Gasteiger partial charge in [0.15, 0.2) is 0 Å². The first-order chi connectivity index (χ1) is 9.94. The molecule has 1 aliphatic rings. The van der Waals surface area contributed by atoms with Gasteiger partial charge in [-0.2, -0.15) is 0 Å². The van der Waals surface area contributed by atoms with Crippen LogP contribution >= 0.6 is 0 Å². The molecular weight excluding hydrogens is 296 g/mol. The Labute approximate surface area is 127 Å². The van der Waals surface area contributed by atoms with Gasteiger partial charge in [0.05, 0.1) is 6.10 Å².